The summed E-state index contributed by atoms with van der Waals surface area (Å²) >= 11 is 0.950. The van der Waals surface area contributed by atoms with Crippen molar-refractivity contribution < 1.29 is 19.0 Å². The van der Waals surface area contributed by atoms with Crippen LogP contribution in [0.1, 0.15) is 5.56 Å². The number of benzene rings is 1. The molecular formula is C11H9FN2O3S. The molecule has 18 heavy (non-hydrogen) atoms. The van der Waals surface area contributed by atoms with Gasteiger partial charge in [0.15, 0.2) is 22.5 Å². The van der Waals surface area contributed by atoms with Gasteiger partial charge in [0, 0.05) is 0 Å². The lowest BCUT2D eigenvalue weighted by molar-refractivity contribution is -0.115. The van der Waals surface area contributed by atoms with Crippen molar-refractivity contribution in [3.05, 3.63) is 28.4 Å². The standard InChI is InChI=1S/C11H9FN2O3S/c1-17-7-3-5(2-6(12)9(7)15)4-8-10(16)14-11(13)18-8/h2-4,15H,1H3,(H2,13,14,16)/b8-4-. The van der Waals surface area contributed by atoms with E-state index in [0.717, 1.165) is 17.8 Å². The molecule has 1 aliphatic heterocycles. The normalized spacial score (nSPS) is 17.1. The number of hydrogen-bond donors (Lipinski definition) is 3. The highest BCUT2D eigenvalue weighted by Gasteiger charge is 2.22. The number of methoxy groups -OCH3 is 1. The number of aromatic hydroxyl groups is 1. The molecule has 0 bridgehead atoms. The summed E-state index contributed by atoms with van der Waals surface area (Å²) in [4.78, 5) is 11.7. The minimum absolute atomic E-state index is 0.0136. The second-order valence-corrected chi connectivity index (χ2v) is 4.50. The number of phenolic OH excluding ortho intramolecular Hbond substituents is 1. The van der Waals surface area contributed by atoms with E-state index >= 15 is 0 Å². The van der Waals surface area contributed by atoms with Crippen LogP contribution in [0.5, 0.6) is 11.5 Å². The Balaban J connectivity index is 2.41. The molecule has 1 heterocycles. The van der Waals surface area contributed by atoms with Crippen LogP contribution >= 0.6 is 11.8 Å². The highest BCUT2D eigenvalue weighted by atomic mass is 32.2. The molecule has 7 heteroatoms. The van der Waals surface area contributed by atoms with Crippen molar-refractivity contribution in [1.29, 1.82) is 5.41 Å². The van der Waals surface area contributed by atoms with Gasteiger partial charge in [0.2, 0.25) is 0 Å². The van der Waals surface area contributed by atoms with Crippen LogP contribution in [0.4, 0.5) is 4.39 Å². The number of amides is 1. The molecule has 0 atom stereocenters. The lowest BCUT2D eigenvalue weighted by Gasteiger charge is -2.05. The van der Waals surface area contributed by atoms with Crippen LogP contribution in [0, 0.1) is 11.2 Å². The highest BCUT2D eigenvalue weighted by Crippen LogP contribution is 2.32. The number of hydrogen-bond acceptors (Lipinski definition) is 5. The number of nitrogens with one attached hydrogen (secondary N) is 2. The van der Waals surface area contributed by atoms with E-state index in [9.17, 15) is 14.3 Å². The van der Waals surface area contributed by atoms with Gasteiger partial charge in [0.25, 0.3) is 5.91 Å². The average Bonchev–Trinajstić information content (AvgIpc) is 2.62. The molecule has 0 saturated carbocycles. The average molecular weight is 268 g/mol. The zero-order valence-electron chi connectivity index (χ0n) is 9.28. The Bertz CT molecular complexity index is 572. The second kappa shape index (κ2) is 4.69. The van der Waals surface area contributed by atoms with Gasteiger partial charge in [0.1, 0.15) is 0 Å². The van der Waals surface area contributed by atoms with E-state index in [2.05, 4.69) is 5.32 Å². The number of carbonyl (C=O) groups is 1. The molecule has 1 aromatic carbocycles. The van der Waals surface area contributed by atoms with Crippen LogP contribution in [0.2, 0.25) is 0 Å². The van der Waals surface area contributed by atoms with Crippen LogP contribution < -0.4 is 10.1 Å². The third kappa shape index (κ3) is 2.30. The van der Waals surface area contributed by atoms with Crippen LogP contribution in [-0.2, 0) is 4.79 Å². The lowest BCUT2D eigenvalue weighted by atomic mass is 10.1. The summed E-state index contributed by atoms with van der Waals surface area (Å²) in [6.07, 6.45) is 1.42. The Morgan fingerprint density at radius 1 is 1.56 bits per heavy atom. The van der Waals surface area contributed by atoms with Crippen molar-refractivity contribution in [2.75, 3.05) is 7.11 Å². The zero-order chi connectivity index (χ0) is 13.3. The Morgan fingerprint density at radius 2 is 2.28 bits per heavy atom. The predicted octanol–water partition coefficient (Wildman–Crippen LogP) is 1.68. The fraction of sp³-hybridized carbons (Fsp3) is 0.0909. The minimum atomic E-state index is -0.834. The lowest BCUT2D eigenvalue weighted by Crippen LogP contribution is -2.18. The number of amidine groups is 1. The third-order valence-corrected chi connectivity index (χ3v) is 3.06. The molecule has 0 aromatic heterocycles. The summed E-state index contributed by atoms with van der Waals surface area (Å²) in [5.74, 6) is -1.83. The van der Waals surface area contributed by atoms with Gasteiger partial charge in [-0.3, -0.25) is 10.2 Å². The number of rotatable bonds is 2. The van der Waals surface area contributed by atoms with E-state index in [1.807, 2.05) is 0 Å². The van der Waals surface area contributed by atoms with Gasteiger partial charge in [-0.1, -0.05) is 0 Å². The summed E-state index contributed by atoms with van der Waals surface area (Å²) in [7, 11) is 1.30. The molecule has 0 spiro atoms. The highest BCUT2D eigenvalue weighted by molar-refractivity contribution is 8.18. The van der Waals surface area contributed by atoms with Crippen LogP contribution in [-0.4, -0.2) is 23.3 Å². The quantitative estimate of drug-likeness (QED) is 0.713. The van der Waals surface area contributed by atoms with Crippen molar-refractivity contribution >= 4 is 28.9 Å². The third-order valence-electron chi connectivity index (χ3n) is 2.23. The van der Waals surface area contributed by atoms with E-state index in [1.165, 1.54) is 19.3 Å². The molecule has 2 rings (SSSR count). The minimum Gasteiger partial charge on any atom is -0.502 e. The van der Waals surface area contributed by atoms with Crippen LogP contribution in [0.15, 0.2) is 17.0 Å². The van der Waals surface area contributed by atoms with Gasteiger partial charge in [-0.05, 0) is 35.5 Å². The number of halogens is 1. The first-order valence-corrected chi connectivity index (χ1v) is 5.69. The van der Waals surface area contributed by atoms with Crippen molar-refractivity contribution in [2.24, 2.45) is 0 Å². The van der Waals surface area contributed by atoms with E-state index in [-0.39, 0.29) is 15.8 Å². The first-order valence-electron chi connectivity index (χ1n) is 4.87. The molecule has 0 unspecified atom stereocenters. The van der Waals surface area contributed by atoms with Gasteiger partial charge in [-0.25, -0.2) is 4.39 Å². The number of carbonyl (C=O) groups excluding carboxylic acids is 1. The molecule has 94 valence electrons. The fourth-order valence-electron chi connectivity index (χ4n) is 1.43. The van der Waals surface area contributed by atoms with Crippen molar-refractivity contribution in [3.63, 3.8) is 0 Å². The molecule has 3 N–H and O–H groups in total. The molecule has 0 radical (unpaired) electrons. The maximum Gasteiger partial charge on any atom is 0.264 e. The van der Waals surface area contributed by atoms with Crippen LogP contribution in [0.3, 0.4) is 0 Å². The molecule has 1 amide bonds. The number of thioether (sulfide) groups is 1. The predicted molar refractivity (Wildman–Crippen MR) is 66.1 cm³/mol. The van der Waals surface area contributed by atoms with Crippen molar-refractivity contribution in [2.45, 2.75) is 0 Å². The maximum absolute atomic E-state index is 13.4. The van der Waals surface area contributed by atoms with Gasteiger partial charge in [-0.2, -0.15) is 0 Å². The van der Waals surface area contributed by atoms with Crippen LogP contribution in [0.25, 0.3) is 6.08 Å². The second-order valence-electron chi connectivity index (χ2n) is 3.45. The SMILES string of the molecule is COc1cc(/C=C2\SC(=N)NC2=O)cc(F)c1O. The van der Waals surface area contributed by atoms with E-state index in [1.54, 1.807) is 0 Å². The van der Waals surface area contributed by atoms with E-state index < -0.39 is 17.5 Å². The molecule has 1 saturated heterocycles. The summed E-state index contributed by atoms with van der Waals surface area (Å²) in [6, 6.07) is 2.49. The molecule has 1 aliphatic rings. The molecule has 5 nitrogen and oxygen atoms in total. The molecular weight excluding hydrogens is 259 g/mol. The molecule has 0 aliphatic carbocycles. The first-order chi connectivity index (χ1) is 8.51. The van der Waals surface area contributed by atoms with Gasteiger partial charge < -0.3 is 15.2 Å². The summed E-state index contributed by atoms with van der Waals surface area (Å²) < 4.78 is 18.2. The summed E-state index contributed by atoms with van der Waals surface area (Å²) in [6.45, 7) is 0. The first kappa shape index (κ1) is 12.4. The zero-order valence-corrected chi connectivity index (χ0v) is 10.1. The molecule has 1 aromatic rings. The topological polar surface area (TPSA) is 82.4 Å². The van der Waals surface area contributed by atoms with Gasteiger partial charge >= 0.3 is 0 Å². The van der Waals surface area contributed by atoms with Gasteiger partial charge in [0.05, 0.1) is 12.0 Å². The summed E-state index contributed by atoms with van der Waals surface area (Å²) in [5, 5.41) is 19.0. The fourth-order valence-corrected chi connectivity index (χ4v) is 2.13. The Morgan fingerprint density at radius 3 is 2.83 bits per heavy atom. The largest absolute Gasteiger partial charge is 0.502 e. The Kier molecular flexibility index (Phi) is 3.24. The molecule has 1 fully saturated rings. The monoisotopic (exact) mass is 268 g/mol. The maximum atomic E-state index is 13.4. The van der Waals surface area contributed by atoms with E-state index in [0.29, 0.717) is 5.56 Å². The smallest absolute Gasteiger partial charge is 0.264 e. The van der Waals surface area contributed by atoms with Crippen molar-refractivity contribution in [3.8, 4) is 11.5 Å². The van der Waals surface area contributed by atoms with Crippen molar-refractivity contribution in [1.82, 2.24) is 5.32 Å². The van der Waals surface area contributed by atoms with Gasteiger partial charge in [-0.15, -0.1) is 0 Å². The number of ether oxygens (including phenoxy) is 1. The Hall–Kier alpha value is -2.02. The Labute approximate surface area is 106 Å². The van der Waals surface area contributed by atoms with E-state index in [4.69, 9.17) is 10.1 Å². The summed E-state index contributed by atoms with van der Waals surface area (Å²) in [5.41, 5.74) is 0.370. The number of phenols is 1.